The van der Waals surface area contributed by atoms with Crippen molar-refractivity contribution in [1.82, 2.24) is 0 Å². The maximum atomic E-state index is 12.4. The minimum atomic E-state index is -0.809. The second kappa shape index (κ2) is 8.59. The van der Waals surface area contributed by atoms with Gasteiger partial charge in [0.2, 0.25) is 0 Å². The van der Waals surface area contributed by atoms with Gasteiger partial charge in [0.05, 0.1) is 17.0 Å². The fraction of sp³-hybridized carbons (Fsp3) is 0.238. The summed E-state index contributed by atoms with van der Waals surface area (Å²) in [6.07, 6.45) is 4.59. The molecule has 1 fully saturated rings. The van der Waals surface area contributed by atoms with Crippen LogP contribution < -0.4 is 4.74 Å². The molecular weight excluding hydrogens is 387 g/mol. The molecule has 140 valence electrons. The number of carbonyl (C=O) groups is 2. The topological polar surface area (TPSA) is 63.6 Å². The van der Waals surface area contributed by atoms with Crippen LogP contribution in [0.1, 0.15) is 35.2 Å². The Morgan fingerprint density at radius 2 is 1.78 bits per heavy atom. The SMILES string of the molecule is O=C(C=Cc1ccccc1)c1ccc(O[C@H]2CC[C@H](C(=O)O)C2)c(Cl)c1Cl. The van der Waals surface area contributed by atoms with Crippen molar-refractivity contribution in [3.8, 4) is 5.75 Å². The van der Waals surface area contributed by atoms with Crippen LogP contribution in [0.3, 0.4) is 0 Å². The van der Waals surface area contributed by atoms with Gasteiger partial charge in [-0.3, -0.25) is 9.59 Å². The van der Waals surface area contributed by atoms with Gasteiger partial charge >= 0.3 is 5.97 Å². The van der Waals surface area contributed by atoms with E-state index in [2.05, 4.69) is 0 Å². The van der Waals surface area contributed by atoms with Crippen molar-refractivity contribution in [3.05, 3.63) is 69.7 Å². The summed E-state index contributed by atoms with van der Waals surface area (Å²) in [5, 5.41) is 9.37. The zero-order valence-electron chi connectivity index (χ0n) is 14.4. The number of carbonyl (C=O) groups excluding carboxylic acids is 1. The largest absolute Gasteiger partial charge is 0.489 e. The lowest BCUT2D eigenvalue weighted by atomic mass is 10.1. The minimum absolute atomic E-state index is 0.129. The number of ether oxygens (including phenoxy) is 1. The van der Waals surface area contributed by atoms with E-state index in [1.165, 1.54) is 6.08 Å². The van der Waals surface area contributed by atoms with Gasteiger partial charge in [-0.1, -0.05) is 59.6 Å². The normalized spacial score (nSPS) is 19.3. The van der Waals surface area contributed by atoms with Crippen LogP contribution in [-0.2, 0) is 4.79 Å². The summed E-state index contributed by atoms with van der Waals surface area (Å²) in [4.78, 5) is 23.5. The highest BCUT2D eigenvalue weighted by atomic mass is 35.5. The molecule has 0 aromatic heterocycles. The molecule has 1 N–H and O–H groups in total. The van der Waals surface area contributed by atoms with Crippen LogP contribution in [0, 0.1) is 5.92 Å². The number of aliphatic carboxylic acids is 1. The Bertz CT molecular complexity index is 877. The number of ketones is 1. The molecule has 0 unspecified atom stereocenters. The van der Waals surface area contributed by atoms with E-state index in [1.807, 2.05) is 30.3 Å². The van der Waals surface area contributed by atoms with E-state index in [0.717, 1.165) is 5.56 Å². The summed E-state index contributed by atoms with van der Waals surface area (Å²) >= 11 is 12.6. The third-order valence-corrected chi connectivity index (χ3v) is 5.43. The lowest BCUT2D eigenvalue weighted by molar-refractivity contribution is -0.141. The Morgan fingerprint density at radius 1 is 1.04 bits per heavy atom. The first-order valence-electron chi connectivity index (χ1n) is 8.60. The van der Waals surface area contributed by atoms with Gasteiger partial charge in [0.15, 0.2) is 5.78 Å². The molecule has 0 radical (unpaired) electrons. The first-order valence-corrected chi connectivity index (χ1v) is 9.36. The molecule has 2 aromatic rings. The van der Waals surface area contributed by atoms with Crippen LogP contribution in [-0.4, -0.2) is 23.0 Å². The van der Waals surface area contributed by atoms with E-state index in [9.17, 15) is 9.59 Å². The molecule has 4 nitrogen and oxygen atoms in total. The highest BCUT2D eigenvalue weighted by molar-refractivity contribution is 6.45. The third kappa shape index (κ3) is 4.71. The van der Waals surface area contributed by atoms with E-state index < -0.39 is 11.9 Å². The van der Waals surface area contributed by atoms with Gasteiger partial charge < -0.3 is 9.84 Å². The molecule has 6 heteroatoms. The highest BCUT2D eigenvalue weighted by Gasteiger charge is 2.31. The molecule has 0 heterocycles. The van der Waals surface area contributed by atoms with Crippen molar-refractivity contribution in [2.75, 3.05) is 0 Å². The summed E-state index contributed by atoms with van der Waals surface area (Å²) in [5.74, 6) is -1.10. The predicted molar refractivity (Wildman–Crippen MR) is 106 cm³/mol. The number of carboxylic acid groups (broad SMARTS) is 1. The van der Waals surface area contributed by atoms with Crippen molar-refractivity contribution in [2.45, 2.75) is 25.4 Å². The van der Waals surface area contributed by atoms with Gasteiger partial charge in [0.1, 0.15) is 10.8 Å². The smallest absolute Gasteiger partial charge is 0.306 e. The van der Waals surface area contributed by atoms with Crippen LogP contribution >= 0.6 is 23.2 Å². The number of benzene rings is 2. The molecule has 2 aromatic carbocycles. The molecule has 0 amide bonds. The number of hydrogen-bond donors (Lipinski definition) is 1. The lowest BCUT2D eigenvalue weighted by Crippen LogP contribution is -2.15. The standard InChI is InChI=1S/C21H18Cl2O4/c22-19-16(17(24)10-6-13-4-2-1-3-5-13)9-11-18(20(19)23)27-15-8-7-14(12-15)21(25)26/h1-6,9-11,14-15H,7-8,12H2,(H,25,26)/t14-,15-/m0/s1. The molecular formula is C21H18Cl2O4. The second-order valence-electron chi connectivity index (χ2n) is 6.44. The fourth-order valence-corrected chi connectivity index (χ4v) is 3.55. The van der Waals surface area contributed by atoms with Crippen molar-refractivity contribution in [3.63, 3.8) is 0 Å². The zero-order chi connectivity index (χ0) is 19.4. The molecule has 2 atom stereocenters. The molecule has 0 aliphatic heterocycles. The van der Waals surface area contributed by atoms with Gasteiger partial charge in [-0.25, -0.2) is 0 Å². The average molecular weight is 405 g/mol. The van der Waals surface area contributed by atoms with E-state index in [4.69, 9.17) is 33.0 Å². The van der Waals surface area contributed by atoms with Crippen molar-refractivity contribution in [2.24, 2.45) is 5.92 Å². The van der Waals surface area contributed by atoms with Gasteiger partial charge in [-0.2, -0.15) is 0 Å². The molecule has 0 bridgehead atoms. The van der Waals surface area contributed by atoms with Crippen LogP contribution in [0.5, 0.6) is 5.75 Å². The maximum Gasteiger partial charge on any atom is 0.306 e. The van der Waals surface area contributed by atoms with E-state index >= 15 is 0 Å². The first kappa shape index (κ1) is 19.5. The number of hydrogen-bond acceptors (Lipinski definition) is 3. The molecule has 1 aliphatic rings. The summed E-state index contributed by atoms with van der Waals surface area (Å²) in [6, 6.07) is 12.6. The molecule has 27 heavy (non-hydrogen) atoms. The average Bonchev–Trinajstić information content (AvgIpc) is 3.13. The maximum absolute atomic E-state index is 12.4. The van der Waals surface area contributed by atoms with E-state index in [0.29, 0.717) is 25.0 Å². The number of halogens is 2. The Balaban J connectivity index is 1.72. The molecule has 0 spiro atoms. The van der Waals surface area contributed by atoms with Crippen LogP contribution in [0.25, 0.3) is 6.08 Å². The van der Waals surface area contributed by atoms with Crippen molar-refractivity contribution >= 4 is 41.0 Å². The van der Waals surface area contributed by atoms with Gasteiger partial charge in [0.25, 0.3) is 0 Å². The van der Waals surface area contributed by atoms with Crippen molar-refractivity contribution in [1.29, 1.82) is 0 Å². The van der Waals surface area contributed by atoms with Gasteiger partial charge in [0, 0.05) is 5.56 Å². The Labute approximate surface area is 167 Å². The second-order valence-corrected chi connectivity index (χ2v) is 7.19. The van der Waals surface area contributed by atoms with Gasteiger partial charge in [-0.15, -0.1) is 0 Å². The zero-order valence-corrected chi connectivity index (χ0v) is 15.9. The monoisotopic (exact) mass is 404 g/mol. The Kier molecular flexibility index (Phi) is 6.19. The van der Waals surface area contributed by atoms with E-state index in [1.54, 1.807) is 18.2 Å². The van der Waals surface area contributed by atoms with Crippen LogP contribution in [0.2, 0.25) is 10.0 Å². The Morgan fingerprint density at radius 3 is 2.44 bits per heavy atom. The predicted octanol–water partition coefficient (Wildman–Crippen LogP) is 5.52. The molecule has 1 aliphatic carbocycles. The van der Waals surface area contributed by atoms with E-state index in [-0.39, 0.29) is 27.5 Å². The Hall–Kier alpha value is -2.30. The number of carboxylic acids is 1. The van der Waals surface area contributed by atoms with Crippen LogP contribution in [0.4, 0.5) is 0 Å². The quantitative estimate of drug-likeness (QED) is 0.508. The molecule has 1 saturated carbocycles. The molecule has 3 rings (SSSR count). The minimum Gasteiger partial charge on any atom is -0.489 e. The highest BCUT2D eigenvalue weighted by Crippen LogP contribution is 2.38. The summed E-state index contributed by atoms with van der Waals surface area (Å²) in [5.41, 5.74) is 1.19. The first-order chi connectivity index (χ1) is 13.0. The third-order valence-electron chi connectivity index (χ3n) is 4.57. The van der Waals surface area contributed by atoms with Gasteiger partial charge in [-0.05, 0) is 43.0 Å². The summed E-state index contributed by atoms with van der Waals surface area (Å²) < 4.78 is 5.82. The van der Waals surface area contributed by atoms with Crippen LogP contribution in [0.15, 0.2) is 48.5 Å². The molecule has 0 saturated heterocycles. The van der Waals surface area contributed by atoms with Crippen molar-refractivity contribution < 1.29 is 19.4 Å². The number of allylic oxidation sites excluding steroid dienone is 1. The summed E-state index contributed by atoms with van der Waals surface area (Å²) in [7, 11) is 0. The lowest BCUT2D eigenvalue weighted by Gasteiger charge is -2.16. The number of rotatable bonds is 6. The summed E-state index contributed by atoms with van der Waals surface area (Å²) in [6.45, 7) is 0. The fourth-order valence-electron chi connectivity index (χ4n) is 3.09.